The van der Waals surface area contributed by atoms with Gasteiger partial charge in [0.1, 0.15) is 5.54 Å². The number of carbonyl (C=O) groups is 3. The van der Waals surface area contributed by atoms with Crippen LogP contribution in [0.25, 0.3) is 22.2 Å². The number of urea groups is 1. The van der Waals surface area contributed by atoms with Crippen LogP contribution in [-0.4, -0.2) is 39.1 Å². The average molecular weight is 468 g/mol. The van der Waals surface area contributed by atoms with E-state index >= 15 is 0 Å². The van der Waals surface area contributed by atoms with Gasteiger partial charge in [-0.05, 0) is 36.2 Å². The van der Waals surface area contributed by atoms with Crippen LogP contribution in [0.15, 0.2) is 78.9 Å². The van der Waals surface area contributed by atoms with Crippen LogP contribution in [0.1, 0.15) is 22.8 Å². The molecule has 1 aromatic heterocycles. The van der Waals surface area contributed by atoms with Crippen molar-refractivity contribution in [2.24, 2.45) is 0 Å². The monoisotopic (exact) mass is 468 g/mol. The van der Waals surface area contributed by atoms with E-state index in [4.69, 9.17) is 0 Å². The van der Waals surface area contributed by atoms with Crippen molar-refractivity contribution in [3.63, 3.8) is 0 Å². The minimum Gasteiger partial charge on any atom is -0.354 e. The molecular formula is C26H20N4O5. The lowest BCUT2D eigenvalue weighted by atomic mass is 9.91. The van der Waals surface area contributed by atoms with Crippen molar-refractivity contribution in [1.29, 1.82) is 0 Å². The molecule has 1 fully saturated rings. The average Bonchev–Trinajstić information content (AvgIpc) is 3.36. The van der Waals surface area contributed by atoms with Gasteiger partial charge in [-0.1, -0.05) is 48.5 Å². The number of rotatable bonds is 6. The fourth-order valence-corrected chi connectivity index (χ4v) is 4.43. The molecule has 5 rings (SSSR count). The molecule has 1 aliphatic rings. The molecule has 0 aliphatic carbocycles. The van der Waals surface area contributed by atoms with Crippen molar-refractivity contribution in [3.05, 3.63) is 100 Å². The van der Waals surface area contributed by atoms with Gasteiger partial charge < -0.3 is 10.3 Å². The lowest BCUT2D eigenvalue weighted by Gasteiger charge is -2.22. The predicted molar refractivity (Wildman–Crippen MR) is 129 cm³/mol. The Labute approximate surface area is 199 Å². The van der Waals surface area contributed by atoms with Gasteiger partial charge in [-0.3, -0.25) is 24.6 Å². The molecule has 174 valence electrons. The number of para-hydroxylation sites is 1. The van der Waals surface area contributed by atoms with Crippen LogP contribution < -0.4 is 5.32 Å². The van der Waals surface area contributed by atoms with Gasteiger partial charge in [-0.15, -0.1) is 0 Å². The number of nitrogens with one attached hydrogen (secondary N) is 2. The molecule has 1 unspecified atom stereocenters. The highest BCUT2D eigenvalue weighted by atomic mass is 16.6. The molecule has 1 aliphatic heterocycles. The van der Waals surface area contributed by atoms with Crippen LogP contribution in [0, 0.1) is 10.1 Å². The summed E-state index contributed by atoms with van der Waals surface area (Å²) in [5.74, 6) is -0.997. The Morgan fingerprint density at radius 1 is 0.971 bits per heavy atom. The summed E-state index contributed by atoms with van der Waals surface area (Å²) in [6.45, 7) is 1.06. The highest BCUT2D eigenvalue weighted by Crippen LogP contribution is 2.33. The smallest absolute Gasteiger partial charge is 0.325 e. The number of Topliss-reactive ketones (excluding diaryl/α,β-unsaturated/α-hetero) is 1. The summed E-state index contributed by atoms with van der Waals surface area (Å²) in [5.41, 5.74) is 1.39. The molecular weight excluding hydrogens is 448 g/mol. The van der Waals surface area contributed by atoms with Crippen LogP contribution >= 0.6 is 0 Å². The summed E-state index contributed by atoms with van der Waals surface area (Å²) in [5, 5.41) is 14.3. The molecule has 2 N–H and O–H groups in total. The number of non-ortho nitro benzene ring substituents is 1. The first-order chi connectivity index (χ1) is 16.8. The molecule has 9 heteroatoms. The Morgan fingerprint density at radius 2 is 1.63 bits per heavy atom. The van der Waals surface area contributed by atoms with Gasteiger partial charge in [0, 0.05) is 23.0 Å². The normalized spacial score (nSPS) is 17.6. The van der Waals surface area contributed by atoms with Gasteiger partial charge in [0.05, 0.1) is 22.7 Å². The Hall–Kier alpha value is -4.79. The van der Waals surface area contributed by atoms with Crippen molar-refractivity contribution >= 4 is 34.3 Å². The van der Waals surface area contributed by atoms with Gasteiger partial charge in [-0.25, -0.2) is 4.79 Å². The molecule has 0 radical (unpaired) electrons. The number of fused-ring (bicyclic) bond motifs is 1. The number of carbonyl (C=O) groups excluding carboxylic acids is 3. The van der Waals surface area contributed by atoms with Gasteiger partial charge in [-0.2, -0.15) is 0 Å². The maximum atomic E-state index is 13.6. The minimum atomic E-state index is -1.45. The first kappa shape index (κ1) is 22.0. The molecule has 0 bridgehead atoms. The van der Waals surface area contributed by atoms with Gasteiger partial charge in [0.2, 0.25) is 0 Å². The number of imide groups is 1. The maximum Gasteiger partial charge on any atom is 0.325 e. The zero-order chi connectivity index (χ0) is 24.7. The number of aromatic nitrogens is 1. The number of nitrogens with zero attached hydrogens (tertiary/aromatic N) is 2. The molecule has 1 atom stereocenters. The van der Waals surface area contributed by atoms with Crippen molar-refractivity contribution < 1.29 is 19.3 Å². The molecule has 4 aromatic rings. The number of hydrogen-bond acceptors (Lipinski definition) is 5. The van der Waals surface area contributed by atoms with E-state index < -0.39 is 34.7 Å². The quantitative estimate of drug-likeness (QED) is 0.188. The van der Waals surface area contributed by atoms with Gasteiger partial charge in [0.15, 0.2) is 5.78 Å². The van der Waals surface area contributed by atoms with E-state index in [2.05, 4.69) is 10.3 Å². The number of nitro benzene ring substituents is 1. The third-order valence-corrected chi connectivity index (χ3v) is 6.28. The number of hydrogen-bond donors (Lipinski definition) is 2. The number of benzene rings is 3. The predicted octanol–water partition coefficient (Wildman–Crippen LogP) is 4.39. The molecule has 1 saturated heterocycles. The second kappa shape index (κ2) is 8.21. The van der Waals surface area contributed by atoms with E-state index in [9.17, 15) is 24.5 Å². The second-order valence-corrected chi connectivity index (χ2v) is 8.46. The van der Waals surface area contributed by atoms with E-state index in [-0.39, 0.29) is 5.69 Å². The fraction of sp³-hybridized carbons (Fsp3) is 0.115. The van der Waals surface area contributed by atoms with E-state index in [0.29, 0.717) is 22.2 Å². The molecule has 9 nitrogen and oxygen atoms in total. The van der Waals surface area contributed by atoms with Crippen LogP contribution in [0.5, 0.6) is 0 Å². The number of H-pyrrole nitrogens is 1. The van der Waals surface area contributed by atoms with Crippen LogP contribution in [0.3, 0.4) is 0 Å². The Bertz CT molecular complexity index is 1490. The Kier molecular flexibility index (Phi) is 5.17. The van der Waals surface area contributed by atoms with Gasteiger partial charge >= 0.3 is 6.03 Å². The van der Waals surface area contributed by atoms with Crippen molar-refractivity contribution in [2.45, 2.75) is 12.5 Å². The number of aromatic amines is 1. The number of nitro groups is 1. The highest BCUT2D eigenvalue weighted by Gasteiger charge is 2.49. The van der Waals surface area contributed by atoms with Crippen molar-refractivity contribution in [1.82, 2.24) is 15.2 Å². The minimum absolute atomic E-state index is 0.131. The Morgan fingerprint density at radius 3 is 2.31 bits per heavy atom. The summed E-state index contributed by atoms with van der Waals surface area (Å²) in [6.07, 6.45) is 0. The lowest BCUT2D eigenvalue weighted by molar-refractivity contribution is -0.384. The fourth-order valence-electron chi connectivity index (χ4n) is 4.43. The summed E-state index contributed by atoms with van der Waals surface area (Å²) < 4.78 is 0. The topological polar surface area (TPSA) is 125 Å². The first-order valence-corrected chi connectivity index (χ1v) is 10.9. The zero-order valence-electron chi connectivity index (χ0n) is 18.6. The molecule has 0 spiro atoms. The van der Waals surface area contributed by atoms with Gasteiger partial charge in [0.25, 0.3) is 11.6 Å². The summed E-state index contributed by atoms with van der Waals surface area (Å²) in [7, 11) is 0. The second-order valence-electron chi connectivity index (χ2n) is 8.46. The van der Waals surface area contributed by atoms with Crippen LogP contribution in [0.4, 0.5) is 10.5 Å². The number of ketones is 1. The zero-order valence-corrected chi connectivity index (χ0v) is 18.6. The van der Waals surface area contributed by atoms with Crippen molar-refractivity contribution in [3.8, 4) is 11.3 Å². The largest absolute Gasteiger partial charge is 0.354 e. The van der Waals surface area contributed by atoms with E-state index in [1.54, 1.807) is 0 Å². The third-order valence-electron chi connectivity index (χ3n) is 6.28. The summed E-state index contributed by atoms with van der Waals surface area (Å²) >= 11 is 0. The van der Waals surface area contributed by atoms with Crippen molar-refractivity contribution in [2.75, 3.05) is 6.54 Å². The lowest BCUT2D eigenvalue weighted by Crippen LogP contribution is -2.41. The SMILES string of the molecule is CC1(c2ccc([N+](=O)[O-])cc2)NC(=O)N(CC(=O)c2c(-c3ccccc3)[nH]c3ccccc23)C1=O. The van der Waals surface area contributed by atoms with E-state index in [1.165, 1.54) is 31.2 Å². The maximum absolute atomic E-state index is 13.6. The van der Waals surface area contributed by atoms with Crippen LogP contribution in [-0.2, 0) is 10.3 Å². The first-order valence-electron chi connectivity index (χ1n) is 10.9. The third kappa shape index (κ3) is 3.63. The molecule has 3 amide bonds. The van der Waals surface area contributed by atoms with E-state index in [0.717, 1.165) is 16.0 Å². The molecule has 0 saturated carbocycles. The van der Waals surface area contributed by atoms with Crippen LogP contribution in [0.2, 0.25) is 0 Å². The standard InChI is InChI=1S/C26H20N4O5/c1-26(17-11-13-18(14-12-17)30(34)35)24(32)29(25(33)28-26)15-21(31)22-19-9-5-6-10-20(19)27-23(22)16-7-3-2-4-8-16/h2-14,27H,15H2,1H3,(H,28,33). The molecule has 2 heterocycles. The Balaban J connectivity index is 1.48. The number of amides is 3. The summed E-state index contributed by atoms with van der Waals surface area (Å²) in [6, 6.07) is 21.4. The highest BCUT2D eigenvalue weighted by molar-refractivity contribution is 6.17. The van der Waals surface area contributed by atoms with E-state index in [1.807, 2.05) is 54.6 Å². The molecule has 35 heavy (non-hydrogen) atoms. The molecule has 3 aromatic carbocycles. The summed E-state index contributed by atoms with van der Waals surface area (Å²) in [4.78, 5) is 54.3.